The van der Waals surface area contributed by atoms with Gasteiger partial charge in [-0.25, -0.2) is 0 Å². The van der Waals surface area contributed by atoms with Crippen molar-refractivity contribution in [3.8, 4) is 0 Å². The zero-order valence-electron chi connectivity index (χ0n) is 15.2. The lowest BCUT2D eigenvalue weighted by Gasteiger charge is -2.39. The molecule has 4 atom stereocenters. The zero-order chi connectivity index (χ0) is 19.3. The number of ether oxygens (including phenoxy) is 1. The maximum absolute atomic E-state index is 12.2. The lowest BCUT2D eigenvalue weighted by atomic mass is 10.2. The molecule has 1 N–H and O–H groups in total. The van der Waals surface area contributed by atoms with E-state index in [4.69, 9.17) is 4.74 Å². The van der Waals surface area contributed by atoms with Crippen LogP contribution in [0, 0.1) is 10.1 Å². The highest BCUT2D eigenvalue weighted by atomic mass is 32.2. The number of carbonyl (C=O) groups is 1. The van der Waals surface area contributed by atoms with E-state index in [1.165, 1.54) is 24.3 Å². The summed E-state index contributed by atoms with van der Waals surface area (Å²) < 4.78 is 17.9. The summed E-state index contributed by atoms with van der Waals surface area (Å²) >= 11 is 0. The summed E-state index contributed by atoms with van der Waals surface area (Å²) in [5, 5.41) is 13.5. The van der Waals surface area contributed by atoms with Gasteiger partial charge in [0.15, 0.2) is 0 Å². The Kier molecular flexibility index (Phi) is 7.24. The van der Waals surface area contributed by atoms with Crippen LogP contribution in [-0.4, -0.2) is 63.6 Å². The van der Waals surface area contributed by atoms with Crippen LogP contribution in [0.25, 0.3) is 0 Å². The molecule has 144 valence electrons. The number of benzene rings is 1. The van der Waals surface area contributed by atoms with Crippen molar-refractivity contribution in [2.45, 2.75) is 43.9 Å². The molecular formula is C17H25N3O5S. The van der Waals surface area contributed by atoms with E-state index in [1.807, 2.05) is 20.8 Å². The van der Waals surface area contributed by atoms with Gasteiger partial charge in [0.1, 0.15) is 5.75 Å². The number of nitrogens with one attached hydrogen (secondary N) is 1. The van der Waals surface area contributed by atoms with Crippen molar-refractivity contribution < 1.29 is 18.7 Å². The molecule has 1 fully saturated rings. The van der Waals surface area contributed by atoms with Gasteiger partial charge in [0.05, 0.1) is 27.9 Å². The molecule has 1 aliphatic rings. The van der Waals surface area contributed by atoms with Gasteiger partial charge >= 0.3 is 0 Å². The van der Waals surface area contributed by atoms with Crippen LogP contribution in [0.5, 0.6) is 0 Å². The van der Waals surface area contributed by atoms with Gasteiger partial charge in [0.2, 0.25) is 5.91 Å². The maximum Gasteiger partial charge on any atom is 0.269 e. The highest BCUT2D eigenvalue weighted by molar-refractivity contribution is 7.85. The topological polar surface area (TPSA) is 102 Å². The van der Waals surface area contributed by atoms with Crippen LogP contribution in [0.2, 0.25) is 0 Å². The molecule has 0 aromatic heterocycles. The molecule has 1 amide bonds. The number of amides is 1. The first-order chi connectivity index (χ1) is 12.3. The molecule has 0 aliphatic carbocycles. The average molecular weight is 383 g/mol. The van der Waals surface area contributed by atoms with E-state index >= 15 is 0 Å². The van der Waals surface area contributed by atoms with E-state index < -0.39 is 15.7 Å². The summed E-state index contributed by atoms with van der Waals surface area (Å²) in [7, 11) is -1.53. The molecule has 0 radical (unpaired) electrons. The van der Waals surface area contributed by atoms with Crippen molar-refractivity contribution in [1.29, 1.82) is 0 Å². The van der Waals surface area contributed by atoms with Crippen molar-refractivity contribution >= 4 is 22.4 Å². The first-order valence-electron chi connectivity index (χ1n) is 8.55. The van der Waals surface area contributed by atoms with Crippen LogP contribution in [0.4, 0.5) is 5.69 Å². The van der Waals surface area contributed by atoms with E-state index in [9.17, 15) is 19.1 Å². The number of non-ortho nitro benzene ring substituents is 1. The smallest absolute Gasteiger partial charge is 0.269 e. The van der Waals surface area contributed by atoms with Crippen LogP contribution >= 0.6 is 0 Å². The molecule has 2 rings (SSSR count). The predicted molar refractivity (Wildman–Crippen MR) is 98.4 cm³/mol. The van der Waals surface area contributed by atoms with Crippen LogP contribution in [0.3, 0.4) is 0 Å². The molecule has 0 spiro atoms. The first-order valence-corrected chi connectivity index (χ1v) is 9.87. The molecule has 1 aliphatic heterocycles. The number of carbonyl (C=O) groups excluding carboxylic acids is 1. The van der Waals surface area contributed by atoms with Crippen LogP contribution in [0.1, 0.15) is 20.8 Å². The average Bonchev–Trinajstić information content (AvgIpc) is 2.58. The van der Waals surface area contributed by atoms with Gasteiger partial charge in [-0.15, -0.1) is 0 Å². The van der Waals surface area contributed by atoms with Gasteiger partial charge < -0.3 is 10.1 Å². The number of nitro groups is 1. The Bertz CT molecular complexity index is 657. The Labute approximate surface area is 155 Å². The van der Waals surface area contributed by atoms with E-state index in [2.05, 4.69) is 10.2 Å². The van der Waals surface area contributed by atoms with Crippen molar-refractivity contribution in [3.05, 3.63) is 34.4 Å². The number of nitro benzene ring substituents is 1. The highest BCUT2D eigenvalue weighted by Gasteiger charge is 2.26. The normalized spacial score (nSPS) is 23.2. The SMILES string of the molecule is C[C@@H]1CN([C@H](C)CNC(=O)C[S@@](=O)c2ccc([N+](=O)[O-])cc2)C[C@@H](C)O1. The van der Waals surface area contributed by atoms with E-state index in [0.717, 1.165) is 13.1 Å². The minimum Gasteiger partial charge on any atom is -0.373 e. The van der Waals surface area contributed by atoms with Crippen molar-refractivity contribution in [2.75, 3.05) is 25.4 Å². The molecule has 1 aromatic carbocycles. The molecule has 1 saturated heterocycles. The number of morpholine rings is 1. The summed E-state index contributed by atoms with van der Waals surface area (Å²) in [4.78, 5) is 24.8. The van der Waals surface area contributed by atoms with E-state index in [-0.39, 0.29) is 35.6 Å². The summed E-state index contributed by atoms with van der Waals surface area (Å²) in [6.45, 7) is 8.20. The lowest BCUT2D eigenvalue weighted by molar-refractivity contribution is -0.384. The minimum absolute atomic E-state index is 0.0713. The minimum atomic E-state index is -1.53. The van der Waals surface area contributed by atoms with E-state index in [1.54, 1.807) is 0 Å². The molecular weight excluding hydrogens is 358 g/mol. The summed E-state index contributed by atoms with van der Waals surface area (Å²) in [6, 6.07) is 5.56. The largest absolute Gasteiger partial charge is 0.373 e. The molecule has 0 unspecified atom stereocenters. The second-order valence-electron chi connectivity index (χ2n) is 6.61. The number of rotatable bonds is 7. The van der Waals surface area contributed by atoms with Crippen molar-refractivity contribution in [2.24, 2.45) is 0 Å². The Hall–Kier alpha value is -1.84. The molecule has 9 heteroatoms. The molecule has 1 heterocycles. The number of hydrogen-bond donors (Lipinski definition) is 1. The number of nitrogens with zero attached hydrogens (tertiary/aromatic N) is 2. The Morgan fingerprint density at radius 2 is 1.92 bits per heavy atom. The Balaban J connectivity index is 1.80. The van der Waals surface area contributed by atoms with E-state index in [0.29, 0.717) is 11.4 Å². The second-order valence-corrected chi connectivity index (χ2v) is 8.06. The van der Waals surface area contributed by atoms with Gasteiger partial charge in [-0.05, 0) is 32.9 Å². The Morgan fingerprint density at radius 3 is 2.46 bits per heavy atom. The third kappa shape index (κ3) is 5.86. The molecule has 8 nitrogen and oxygen atoms in total. The van der Waals surface area contributed by atoms with Gasteiger partial charge in [0, 0.05) is 42.7 Å². The summed E-state index contributed by atoms with van der Waals surface area (Å²) in [6.07, 6.45) is 0.318. The fraction of sp³-hybridized carbons (Fsp3) is 0.588. The fourth-order valence-corrected chi connectivity index (χ4v) is 3.89. The molecule has 1 aromatic rings. The maximum atomic E-state index is 12.2. The van der Waals surface area contributed by atoms with Gasteiger partial charge in [-0.1, -0.05) is 0 Å². The Morgan fingerprint density at radius 1 is 1.35 bits per heavy atom. The highest BCUT2D eigenvalue weighted by Crippen LogP contribution is 2.15. The molecule has 0 bridgehead atoms. The number of hydrogen-bond acceptors (Lipinski definition) is 6. The van der Waals surface area contributed by atoms with Gasteiger partial charge in [-0.3, -0.25) is 24.0 Å². The lowest BCUT2D eigenvalue weighted by Crippen LogP contribution is -2.52. The fourth-order valence-electron chi connectivity index (χ4n) is 2.94. The standard InChI is InChI=1S/C17H25N3O5S/c1-12(19-9-13(2)25-14(3)10-19)8-18-17(21)11-26(24)16-6-4-15(5-7-16)20(22)23/h4-7,12-14H,8-11H2,1-3H3,(H,18,21)/t12-,13-,14-,26-/m1/s1. The zero-order valence-corrected chi connectivity index (χ0v) is 16.0. The van der Waals surface area contributed by atoms with Crippen LogP contribution in [0.15, 0.2) is 29.2 Å². The van der Waals surface area contributed by atoms with Gasteiger partial charge in [-0.2, -0.15) is 0 Å². The summed E-state index contributed by atoms with van der Waals surface area (Å²) in [5.41, 5.74) is -0.0713. The first kappa shape index (κ1) is 20.5. The third-order valence-corrected chi connectivity index (χ3v) is 5.56. The van der Waals surface area contributed by atoms with Crippen LogP contribution in [-0.2, 0) is 20.3 Å². The van der Waals surface area contributed by atoms with Gasteiger partial charge in [0.25, 0.3) is 5.69 Å². The van der Waals surface area contributed by atoms with Crippen molar-refractivity contribution in [1.82, 2.24) is 10.2 Å². The molecule has 26 heavy (non-hydrogen) atoms. The van der Waals surface area contributed by atoms with Crippen LogP contribution < -0.4 is 5.32 Å². The second kappa shape index (κ2) is 9.20. The van der Waals surface area contributed by atoms with Crippen molar-refractivity contribution in [3.63, 3.8) is 0 Å². The molecule has 0 saturated carbocycles. The predicted octanol–water partition coefficient (Wildman–Crippen LogP) is 1.32. The third-order valence-electron chi connectivity index (χ3n) is 4.24. The monoisotopic (exact) mass is 383 g/mol. The summed E-state index contributed by atoms with van der Waals surface area (Å²) in [5.74, 6) is -0.469. The quantitative estimate of drug-likeness (QED) is 0.563.